The number of nitrogen functional groups attached to an aromatic ring is 1. The number of aliphatic hydroxyl groups excluding tert-OH is 1. The number of aromatic nitrogens is 2. The Hall–Kier alpha value is -1.46. The van der Waals surface area contributed by atoms with Crippen LogP contribution in [0.1, 0.15) is 16.7 Å². The number of pyridine rings is 1. The Morgan fingerprint density at radius 3 is 2.93 bits per heavy atom. The van der Waals surface area contributed by atoms with E-state index >= 15 is 0 Å². The Labute approximate surface area is 91.4 Å². The molecule has 0 fully saturated rings. The van der Waals surface area contributed by atoms with E-state index < -0.39 is 6.10 Å². The summed E-state index contributed by atoms with van der Waals surface area (Å²) in [5.74, 6) is 0.471. The zero-order valence-corrected chi connectivity index (χ0v) is 8.81. The van der Waals surface area contributed by atoms with E-state index in [-0.39, 0.29) is 0 Å². The molecule has 0 bridgehead atoms. The van der Waals surface area contributed by atoms with Gasteiger partial charge in [-0.15, -0.1) is 11.3 Å². The summed E-state index contributed by atoms with van der Waals surface area (Å²) in [6, 6.07) is 3.60. The normalized spacial score (nSPS) is 12.6. The Kier molecular flexibility index (Phi) is 2.94. The van der Waals surface area contributed by atoms with Gasteiger partial charge in [0.2, 0.25) is 0 Å². The molecule has 2 rings (SSSR count). The molecular formula is C10H11N3OS. The van der Waals surface area contributed by atoms with E-state index in [1.165, 1.54) is 11.3 Å². The molecule has 3 N–H and O–H groups in total. The first-order chi connectivity index (χ1) is 7.25. The SMILES string of the molecule is Nc1cc(CC(O)c2nccs2)ccn1. The summed E-state index contributed by atoms with van der Waals surface area (Å²) in [6.07, 6.45) is 3.27. The highest BCUT2D eigenvalue weighted by molar-refractivity contribution is 7.09. The molecule has 0 aliphatic carbocycles. The minimum Gasteiger partial charge on any atom is -0.386 e. The van der Waals surface area contributed by atoms with Crippen molar-refractivity contribution in [3.63, 3.8) is 0 Å². The average Bonchev–Trinajstić information content (AvgIpc) is 2.70. The van der Waals surface area contributed by atoms with Crippen LogP contribution in [0.2, 0.25) is 0 Å². The second-order valence-corrected chi connectivity index (χ2v) is 4.11. The predicted molar refractivity (Wildman–Crippen MR) is 59.4 cm³/mol. The van der Waals surface area contributed by atoms with Crippen LogP contribution in [-0.2, 0) is 6.42 Å². The standard InChI is InChI=1S/C10H11N3OS/c11-9-6-7(1-2-12-9)5-8(14)10-13-3-4-15-10/h1-4,6,8,14H,5H2,(H2,11,12). The monoisotopic (exact) mass is 221 g/mol. The van der Waals surface area contributed by atoms with Crippen molar-refractivity contribution in [3.8, 4) is 0 Å². The molecule has 2 aromatic heterocycles. The minimum atomic E-state index is -0.563. The van der Waals surface area contributed by atoms with Crippen molar-refractivity contribution in [2.24, 2.45) is 0 Å². The van der Waals surface area contributed by atoms with Crippen LogP contribution in [-0.4, -0.2) is 15.1 Å². The van der Waals surface area contributed by atoms with Crippen LogP contribution in [0.3, 0.4) is 0 Å². The van der Waals surface area contributed by atoms with Gasteiger partial charge in [0.1, 0.15) is 16.9 Å². The van der Waals surface area contributed by atoms with Crippen LogP contribution in [0, 0.1) is 0 Å². The third-order valence-corrected chi connectivity index (χ3v) is 2.89. The average molecular weight is 221 g/mol. The molecule has 2 aromatic rings. The van der Waals surface area contributed by atoms with Gasteiger partial charge in [0.25, 0.3) is 0 Å². The van der Waals surface area contributed by atoms with Gasteiger partial charge in [0.15, 0.2) is 0 Å². The molecular weight excluding hydrogens is 210 g/mol. The molecule has 78 valence electrons. The fraction of sp³-hybridized carbons (Fsp3) is 0.200. The lowest BCUT2D eigenvalue weighted by Gasteiger charge is -2.07. The van der Waals surface area contributed by atoms with Crippen LogP contribution >= 0.6 is 11.3 Å². The number of thiazole rings is 1. The Morgan fingerprint density at radius 1 is 1.40 bits per heavy atom. The summed E-state index contributed by atoms with van der Waals surface area (Å²) >= 11 is 1.45. The highest BCUT2D eigenvalue weighted by Gasteiger charge is 2.10. The van der Waals surface area contributed by atoms with Crippen molar-refractivity contribution < 1.29 is 5.11 Å². The molecule has 5 heteroatoms. The predicted octanol–water partition coefficient (Wildman–Crippen LogP) is 1.40. The van der Waals surface area contributed by atoms with E-state index in [0.29, 0.717) is 12.2 Å². The van der Waals surface area contributed by atoms with Crippen molar-refractivity contribution in [2.45, 2.75) is 12.5 Å². The molecule has 1 unspecified atom stereocenters. The van der Waals surface area contributed by atoms with Crippen molar-refractivity contribution in [3.05, 3.63) is 40.5 Å². The molecule has 0 saturated heterocycles. The molecule has 2 heterocycles. The van der Waals surface area contributed by atoms with Gasteiger partial charge in [-0.2, -0.15) is 0 Å². The van der Waals surface area contributed by atoms with Gasteiger partial charge in [0, 0.05) is 24.2 Å². The minimum absolute atomic E-state index is 0.471. The van der Waals surface area contributed by atoms with Crippen LogP contribution in [0.4, 0.5) is 5.82 Å². The third-order valence-electron chi connectivity index (χ3n) is 2.01. The number of rotatable bonds is 3. The highest BCUT2D eigenvalue weighted by Crippen LogP contribution is 2.20. The quantitative estimate of drug-likeness (QED) is 0.821. The van der Waals surface area contributed by atoms with E-state index in [9.17, 15) is 5.11 Å². The number of nitrogens with two attached hydrogens (primary N) is 1. The van der Waals surface area contributed by atoms with Crippen LogP contribution in [0.15, 0.2) is 29.9 Å². The summed E-state index contributed by atoms with van der Waals surface area (Å²) in [4.78, 5) is 7.95. The van der Waals surface area contributed by atoms with E-state index in [4.69, 9.17) is 5.73 Å². The molecule has 0 aromatic carbocycles. The van der Waals surface area contributed by atoms with Crippen molar-refractivity contribution in [1.29, 1.82) is 0 Å². The molecule has 0 spiro atoms. The van der Waals surface area contributed by atoms with Gasteiger partial charge in [-0.1, -0.05) is 0 Å². The number of nitrogens with zero attached hydrogens (tertiary/aromatic N) is 2. The van der Waals surface area contributed by atoms with Gasteiger partial charge in [-0.25, -0.2) is 9.97 Å². The Morgan fingerprint density at radius 2 is 2.27 bits per heavy atom. The lowest BCUT2D eigenvalue weighted by Crippen LogP contribution is -2.02. The van der Waals surface area contributed by atoms with E-state index in [0.717, 1.165) is 10.6 Å². The summed E-state index contributed by atoms with van der Waals surface area (Å²) in [5, 5.41) is 12.4. The summed E-state index contributed by atoms with van der Waals surface area (Å²) in [5.41, 5.74) is 6.51. The van der Waals surface area contributed by atoms with Gasteiger partial charge >= 0.3 is 0 Å². The fourth-order valence-electron chi connectivity index (χ4n) is 1.33. The maximum absolute atomic E-state index is 9.84. The molecule has 0 aliphatic rings. The highest BCUT2D eigenvalue weighted by atomic mass is 32.1. The molecule has 0 saturated carbocycles. The molecule has 0 amide bonds. The zero-order chi connectivity index (χ0) is 10.7. The topological polar surface area (TPSA) is 72.0 Å². The maximum atomic E-state index is 9.84. The maximum Gasteiger partial charge on any atom is 0.123 e. The lowest BCUT2D eigenvalue weighted by atomic mass is 10.1. The largest absolute Gasteiger partial charge is 0.386 e. The number of hydrogen-bond acceptors (Lipinski definition) is 5. The summed E-state index contributed by atoms with van der Waals surface area (Å²) < 4.78 is 0. The molecule has 0 radical (unpaired) electrons. The first-order valence-corrected chi connectivity index (χ1v) is 5.41. The first kappa shape index (κ1) is 10.1. The number of aliphatic hydroxyl groups is 1. The Bertz CT molecular complexity index is 430. The van der Waals surface area contributed by atoms with Gasteiger partial charge < -0.3 is 10.8 Å². The summed E-state index contributed by atoms with van der Waals surface area (Å²) in [6.45, 7) is 0. The zero-order valence-electron chi connectivity index (χ0n) is 8.00. The van der Waals surface area contributed by atoms with Crippen molar-refractivity contribution in [1.82, 2.24) is 9.97 Å². The molecule has 1 atom stereocenters. The lowest BCUT2D eigenvalue weighted by molar-refractivity contribution is 0.178. The van der Waals surface area contributed by atoms with Crippen molar-refractivity contribution >= 4 is 17.2 Å². The van der Waals surface area contributed by atoms with E-state index in [1.54, 1.807) is 18.5 Å². The molecule has 15 heavy (non-hydrogen) atoms. The number of anilines is 1. The van der Waals surface area contributed by atoms with Gasteiger partial charge in [0.05, 0.1) is 0 Å². The van der Waals surface area contributed by atoms with Crippen molar-refractivity contribution in [2.75, 3.05) is 5.73 Å². The summed E-state index contributed by atoms with van der Waals surface area (Å²) in [7, 11) is 0. The first-order valence-electron chi connectivity index (χ1n) is 4.53. The fourth-order valence-corrected chi connectivity index (χ4v) is 1.95. The smallest absolute Gasteiger partial charge is 0.123 e. The van der Waals surface area contributed by atoms with Gasteiger partial charge in [-0.05, 0) is 17.7 Å². The van der Waals surface area contributed by atoms with Crippen LogP contribution < -0.4 is 5.73 Å². The van der Waals surface area contributed by atoms with Crippen LogP contribution in [0.5, 0.6) is 0 Å². The Balaban J connectivity index is 2.09. The third kappa shape index (κ3) is 2.51. The van der Waals surface area contributed by atoms with E-state index in [2.05, 4.69) is 9.97 Å². The number of hydrogen-bond donors (Lipinski definition) is 2. The second kappa shape index (κ2) is 4.37. The molecule has 4 nitrogen and oxygen atoms in total. The van der Waals surface area contributed by atoms with E-state index in [1.807, 2.05) is 11.4 Å². The van der Waals surface area contributed by atoms with Gasteiger partial charge in [-0.3, -0.25) is 0 Å². The van der Waals surface area contributed by atoms with Crippen LogP contribution in [0.25, 0.3) is 0 Å². The molecule has 0 aliphatic heterocycles. The second-order valence-electron chi connectivity index (χ2n) is 3.18.